The van der Waals surface area contributed by atoms with Crippen LogP contribution in [0.3, 0.4) is 0 Å². The lowest BCUT2D eigenvalue weighted by Gasteiger charge is -2.09. The Morgan fingerprint density at radius 3 is 0.833 bits per heavy atom. The van der Waals surface area contributed by atoms with Crippen LogP contribution in [0.1, 0.15) is 0 Å². The Bertz CT molecular complexity index is 797. The summed E-state index contributed by atoms with van der Waals surface area (Å²) in [5.74, 6) is 0. The van der Waals surface area contributed by atoms with Crippen molar-refractivity contribution < 1.29 is 0 Å². The van der Waals surface area contributed by atoms with Crippen LogP contribution in [0.2, 0.25) is 0 Å². The predicted molar refractivity (Wildman–Crippen MR) is 110 cm³/mol. The van der Waals surface area contributed by atoms with Gasteiger partial charge in [0.25, 0.3) is 0 Å². The maximum atomic E-state index is 2.22. The van der Waals surface area contributed by atoms with E-state index in [2.05, 4.69) is 91.0 Å². The van der Waals surface area contributed by atoms with Gasteiger partial charge in [0.1, 0.15) is 0 Å². The molecule has 0 aliphatic carbocycles. The van der Waals surface area contributed by atoms with E-state index in [9.17, 15) is 0 Å². The van der Waals surface area contributed by atoms with Crippen LogP contribution in [0.5, 0.6) is 0 Å². The fourth-order valence-corrected chi connectivity index (χ4v) is 7.91. The summed E-state index contributed by atoms with van der Waals surface area (Å²) in [6, 6.07) is 32.4. The number of hydrogen-bond acceptors (Lipinski definition) is 0. The fourth-order valence-electron chi connectivity index (χ4n) is 2.52. The van der Waals surface area contributed by atoms with Crippen molar-refractivity contribution in [2.45, 2.75) is 0 Å². The molecule has 1 aromatic heterocycles. The second-order valence-corrected chi connectivity index (χ2v) is 9.82. The summed E-state index contributed by atoms with van der Waals surface area (Å²) in [7, 11) is 4.02. The van der Waals surface area contributed by atoms with E-state index in [0.717, 1.165) is 0 Å². The first-order valence-corrected chi connectivity index (χ1v) is 10.5. The summed E-state index contributed by atoms with van der Waals surface area (Å²) in [6.45, 7) is 0. The van der Waals surface area contributed by atoms with Crippen molar-refractivity contribution in [2.24, 2.45) is 0 Å². The normalized spacial score (nSPS) is 11.5. The van der Waals surface area contributed by atoms with Gasteiger partial charge in [0.05, 0.1) is 0 Å². The van der Waals surface area contributed by atoms with Gasteiger partial charge in [-0.3, -0.25) is 0 Å². The molecule has 0 nitrogen and oxygen atoms in total. The average molecular weight is 360 g/mol. The summed E-state index contributed by atoms with van der Waals surface area (Å²) in [5, 5.41) is 4.39. The molecule has 0 radical (unpaired) electrons. The van der Waals surface area contributed by atoms with Gasteiger partial charge in [0, 0.05) is 15.1 Å². The number of rotatable bonds is 3. The minimum atomic E-state index is 1.34. The van der Waals surface area contributed by atoms with Gasteiger partial charge in [-0.25, -0.2) is 0 Å². The van der Waals surface area contributed by atoms with Gasteiger partial charge in [-0.15, -0.1) is 0 Å². The van der Waals surface area contributed by atoms with Crippen molar-refractivity contribution in [3.63, 3.8) is 0 Å². The van der Waals surface area contributed by atoms with E-state index in [1.807, 2.05) is 0 Å². The Hall–Kier alpha value is -1.83. The Morgan fingerprint density at radius 2 is 0.583 bits per heavy atom. The molecule has 24 heavy (non-hydrogen) atoms. The molecular weight excluding hydrogens is 345 g/mol. The molecule has 0 aliphatic rings. The molecule has 0 saturated carbocycles. The van der Waals surface area contributed by atoms with Crippen LogP contribution in [-0.4, -0.2) is 0 Å². The monoisotopic (exact) mass is 360 g/mol. The molecule has 1 heterocycles. The fraction of sp³-hybridized carbons (Fsp3) is 0. The van der Waals surface area contributed by atoms with Crippen molar-refractivity contribution in [1.29, 1.82) is 0 Å². The first kappa shape index (κ1) is 15.7. The molecule has 0 saturated heterocycles. The van der Waals surface area contributed by atoms with Crippen molar-refractivity contribution >= 4 is 24.6 Å². The van der Waals surface area contributed by atoms with Gasteiger partial charge in [-0.2, -0.15) is 0 Å². The molecule has 0 spiro atoms. The molecule has 0 unspecified atom stereocenters. The van der Waals surface area contributed by atoms with Gasteiger partial charge >= 0.3 is 0 Å². The van der Waals surface area contributed by atoms with Crippen LogP contribution in [0.25, 0.3) is 31.8 Å². The summed E-state index contributed by atoms with van der Waals surface area (Å²) in [5.41, 5.74) is 4.03. The lowest BCUT2D eigenvalue weighted by Crippen LogP contribution is -1.74. The van der Waals surface area contributed by atoms with Gasteiger partial charge in [0.15, 0.2) is 0 Å². The van der Waals surface area contributed by atoms with Gasteiger partial charge in [0.2, 0.25) is 0 Å². The quantitative estimate of drug-likeness (QED) is 0.344. The van der Waals surface area contributed by atoms with E-state index >= 15 is 0 Å². The highest BCUT2D eigenvalue weighted by molar-refractivity contribution is 7.69. The average Bonchev–Trinajstić information content (AvgIpc) is 2.70. The zero-order chi connectivity index (χ0) is 16.2. The Morgan fingerprint density at radius 1 is 0.333 bits per heavy atom. The van der Waals surface area contributed by atoms with E-state index < -0.39 is 0 Å². The lowest BCUT2D eigenvalue weighted by atomic mass is 10.2. The summed E-state index contributed by atoms with van der Waals surface area (Å²) < 4.78 is 0. The van der Waals surface area contributed by atoms with E-state index in [-0.39, 0.29) is 0 Å². The molecule has 0 N–H and O–H groups in total. The molecule has 0 bridgehead atoms. The van der Waals surface area contributed by atoms with Crippen molar-refractivity contribution in [3.8, 4) is 31.8 Å². The maximum absolute atomic E-state index is 2.22. The highest BCUT2D eigenvalue weighted by atomic mass is 31.1. The Balaban J connectivity index is 1.92. The van der Waals surface area contributed by atoms with E-state index in [4.69, 9.17) is 0 Å². The first-order chi connectivity index (χ1) is 11.9. The second-order valence-electron chi connectivity index (χ2n) is 5.40. The van der Waals surface area contributed by atoms with Crippen LogP contribution in [0, 0.1) is 0 Å². The summed E-state index contributed by atoms with van der Waals surface area (Å²) >= 11 is 0. The molecule has 0 atom stereocenters. The Kier molecular flexibility index (Phi) is 4.82. The molecule has 0 amide bonds. The van der Waals surface area contributed by atoms with Crippen molar-refractivity contribution in [2.75, 3.05) is 0 Å². The largest absolute Gasteiger partial charge is 0.0622 e. The standard InChI is InChI=1S/C21H15P3/c1-4-10-16(11-5-1)19-22-20(17-12-6-2-7-13-17)24-21(23-19)18-14-8-3-9-15-18/h1-15H. The summed E-state index contributed by atoms with van der Waals surface area (Å²) in [4.78, 5) is 0. The van der Waals surface area contributed by atoms with Gasteiger partial charge in [-0.05, 0) is 41.3 Å². The Labute approximate surface area is 147 Å². The molecule has 114 valence electrons. The van der Waals surface area contributed by atoms with Gasteiger partial charge < -0.3 is 0 Å². The molecule has 4 rings (SSSR count). The second kappa shape index (κ2) is 7.38. The zero-order valence-corrected chi connectivity index (χ0v) is 15.7. The third-order valence-corrected chi connectivity index (χ3v) is 8.35. The van der Waals surface area contributed by atoms with Crippen molar-refractivity contribution in [3.05, 3.63) is 91.0 Å². The van der Waals surface area contributed by atoms with Crippen molar-refractivity contribution in [1.82, 2.24) is 0 Å². The zero-order valence-electron chi connectivity index (χ0n) is 13.0. The predicted octanol–water partition coefficient (Wildman–Crippen LogP) is 8.43. The molecule has 0 fully saturated rings. The van der Waals surface area contributed by atoms with Crippen LogP contribution >= 0.6 is 24.6 Å². The smallest absolute Gasteiger partial charge is 0.0382 e. The van der Waals surface area contributed by atoms with Crippen LogP contribution in [0.15, 0.2) is 91.0 Å². The SMILES string of the molecule is c1ccc(-c2pc(-c3ccccc3)pc(-c3ccccc3)p2)cc1. The maximum Gasteiger partial charge on any atom is 0.0382 e. The molecule has 0 aliphatic heterocycles. The van der Waals surface area contributed by atoms with Crippen LogP contribution in [0.4, 0.5) is 0 Å². The molecular formula is C21H15P3. The highest BCUT2D eigenvalue weighted by Crippen LogP contribution is 2.53. The topological polar surface area (TPSA) is 0 Å². The van der Waals surface area contributed by atoms with E-state index in [1.165, 1.54) is 56.3 Å². The molecule has 3 aromatic carbocycles. The third kappa shape index (κ3) is 3.48. The highest BCUT2D eigenvalue weighted by Gasteiger charge is 2.09. The van der Waals surface area contributed by atoms with Crippen LogP contribution in [-0.2, 0) is 0 Å². The van der Waals surface area contributed by atoms with Crippen LogP contribution < -0.4 is 0 Å². The van der Waals surface area contributed by atoms with Gasteiger partial charge in [-0.1, -0.05) is 91.0 Å². The minimum Gasteiger partial charge on any atom is -0.0622 e. The van der Waals surface area contributed by atoms with E-state index in [1.54, 1.807) is 0 Å². The lowest BCUT2D eigenvalue weighted by molar-refractivity contribution is 1.71. The number of hydrogen-bond donors (Lipinski definition) is 0. The molecule has 4 aromatic rings. The first-order valence-electron chi connectivity index (χ1n) is 7.82. The number of benzene rings is 3. The minimum absolute atomic E-state index is 1.34. The molecule has 3 heteroatoms. The third-order valence-electron chi connectivity index (χ3n) is 3.73. The summed E-state index contributed by atoms with van der Waals surface area (Å²) in [6.07, 6.45) is 0. The van der Waals surface area contributed by atoms with E-state index in [0.29, 0.717) is 0 Å².